The summed E-state index contributed by atoms with van der Waals surface area (Å²) in [5.74, 6) is 2.62. The molecule has 2 rings (SSSR count). The van der Waals surface area contributed by atoms with E-state index in [9.17, 15) is 0 Å². The number of aromatic nitrogens is 1. The summed E-state index contributed by atoms with van der Waals surface area (Å²) >= 11 is 0. The highest BCUT2D eigenvalue weighted by Crippen LogP contribution is 2.44. The summed E-state index contributed by atoms with van der Waals surface area (Å²) < 4.78 is 16.1. The maximum absolute atomic E-state index is 5.43. The molecule has 2 aromatic rings. The second-order valence-corrected chi connectivity index (χ2v) is 3.65. The molecule has 0 saturated carbocycles. The minimum absolute atomic E-state index is 0.584. The average Bonchev–Trinajstić information content (AvgIpc) is 2.44. The van der Waals surface area contributed by atoms with Gasteiger partial charge in [-0.25, -0.2) is 4.98 Å². The predicted molar refractivity (Wildman–Crippen MR) is 70.9 cm³/mol. The van der Waals surface area contributed by atoms with E-state index in [0.29, 0.717) is 17.2 Å². The number of hydrogen-bond acceptors (Lipinski definition) is 5. The van der Waals surface area contributed by atoms with Crippen molar-refractivity contribution in [2.24, 2.45) is 0 Å². The smallest absolute Gasteiger partial charge is 0.203 e. The van der Waals surface area contributed by atoms with E-state index >= 15 is 0 Å². The number of fused-ring (bicyclic) bond motifs is 1. The van der Waals surface area contributed by atoms with Gasteiger partial charge in [0.1, 0.15) is 5.82 Å². The summed E-state index contributed by atoms with van der Waals surface area (Å²) in [6.45, 7) is 0. The van der Waals surface area contributed by atoms with Gasteiger partial charge in [0.2, 0.25) is 5.75 Å². The number of benzene rings is 1. The first kappa shape index (κ1) is 12.3. The van der Waals surface area contributed by atoms with Crippen LogP contribution in [-0.2, 0) is 0 Å². The van der Waals surface area contributed by atoms with Gasteiger partial charge < -0.3 is 19.5 Å². The molecular formula is C13H16N2O3. The van der Waals surface area contributed by atoms with Crippen LogP contribution in [0.5, 0.6) is 17.2 Å². The molecule has 1 N–H and O–H groups in total. The Morgan fingerprint density at radius 1 is 1.00 bits per heavy atom. The van der Waals surface area contributed by atoms with E-state index in [4.69, 9.17) is 14.2 Å². The van der Waals surface area contributed by atoms with Gasteiger partial charge in [0.15, 0.2) is 11.5 Å². The molecule has 0 radical (unpaired) electrons. The van der Waals surface area contributed by atoms with Crippen molar-refractivity contribution in [1.29, 1.82) is 0 Å². The third-order valence-corrected chi connectivity index (χ3v) is 2.81. The number of hydrogen-bond donors (Lipinski definition) is 1. The van der Waals surface area contributed by atoms with Gasteiger partial charge in [-0.1, -0.05) is 0 Å². The van der Waals surface area contributed by atoms with Crippen molar-refractivity contribution < 1.29 is 14.2 Å². The number of nitrogens with zero attached hydrogens (tertiary/aromatic N) is 1. The van der Waals surface area contributed by atoms with Crippen LogP contribution in [0.15, 0.2) is 18.3 Å². The molecule has 1 aromatic carbocycles. The molecule has 1 heterocycles. The van der Waals surface area contributed by atoms with E-state index in [1.54, 1.807) is 27.5 Å². The first-order chi connectivity index (χ1) is 8.76. The van der Waals surface area contributed by atoms with Gasteiger partial charge in [-0.2, -0.15) is 0 Å². The largest absolute Gasteiger partial charge is 0.493 e. The van der Waals surface area contributed by atoms with Gasteiger partial charge in [-0.05, 0) is 12.1 Å². The lowest BCUT2D eigenvalue weighted by Gasteiger charge is -2.15. The molecule has 5 heteroatoms. The lowest BCUT2D eigenvalue weighted by Crippen LogP contribution is -1.98. The van der Waals surface area contributed by atoms with E-state index in [0.717, 1.165) is 16.6 Å². The Kier molecular flexibility index (Phi) is 3.41. The molecule has 0 bridgehead atoms. The van der Waals surface area contributed by atoms with Gasteiger partial charge in [0.25, 0.3) is 0 Å². The molecule has 0 fully saturated rings. The summed E-state index contributed by atoms with van der Waals surface area (Å²) in [4.78, 5) is 4.27. The summed E-state index contributed by atoms with van der Waals surface area (Å²) in [6, 6.07) is 3.77. The maximum Gasteiger partial charge on any atom is 0.203 e. The zero-order chi connectivity index (χ0) is 13.1. The van der Waals surface area contributed by atoms with Crippen LogP contribution < -0.4 is 19.5 Å². The Hall–Kier alpha value is -2.17. The fourth-order valence-corrected chi connectivity index (χ4v) is 1.99. The number of nitrogens with one attached hydrogen (secondary N) is 1. The molecule has 96 valence electrons. The van der Waals surface area contributed by atoms with Crippen LogP contribution in [0.1, 0.15) is 0 Å². The quantitative estimate of drug-likeness (QED) is 0.899. The highest BCUT2D eigenvalue weighted by Gasteiger charge is 2.17. The van der Waals surface area contributed by atoms with Crippen LogP contribution in [-0.4, -0.2) is 33.4 Å². The molecule has 0 aliphatic heterocycles. The van der Waals surface area contributed by atoms with Crippen molar-refractivity contribution in [2.75, 3.05) is 33.7 Å². The molecule has 0 atom stereocenters. The molecular weight excluding hydrogens is 232 g/mol. The monoisotopic (exact) mass is 248 g/mol. The van der Waals surface area contributed by atoms with Crippen LogP contribution in [0.4, 0.5) is 5.82 Å². The summed E-state index contributed by atoms with van der Waals surface area (Å²) in [7, 11) is 6.62. The van der Waals surface area contributed by atoms with Crippen LogP contribution in [0.25, 0.3) is 10.8 Å². The Morgan fingerprint density at radius 2 is 1.72 bits per heavy atom. The molecule has 0 spiro atoms. The molecule has 5 nitrogen and oxygen atoms in total. The Balaban J connectivity index is 2.87. The van der Waals surface area contributed by atoms with Crippen molar-refractivity contribution >= 4 is 16.6 Å². The molecule has 0 unspecified atom stereocenters. The van der Waals surface area contributed by atoms with Crippen molar-refractivity contribution in [3.8, 4) is 17.2 Å². The average molecular weight is 248 g/mol. The Labute approximate surface area is 106 Å². The molecule has 0 aliphatic carbocycles. The van der Waals surface area contributed by atoms with Crippen molar-refractivity contribution in [1.82, 2.24) is 4.98 Å². The standard InChI is InChI=1S/C13H16N2O3/c1-14-13-9-7-10(16-2)12(18-4)11(17-3)8(9)5-6-15-13/h5-7H,1-4H3,(H,14,15). The molecule has 0 amide bonds. The fraction of sp³-hybridized carbons (Fsp3) is 0.308. The SMILES string of the molecule is CNc1nccc2c(OC)c(OC)c(OC)cc12. The van der Waals surface area contributed by atoms with Gasteiger partial charge in [0.05, 0.1) is 21.3 Å². The van der Waals surface area contributed by atoms with Crippen molar-refractivity contribution in [3.63, 3.8) is 0 Å². The molecule has 0 saturated heterocycles. The first-order valence-corrected chi connectivity index (χ1v) is 5.52. The highest BCUT2D eigenvalue weighted by atomic mass is 16.5. The lowest BCUT2D eigenvalue weighted by molar-refractivity contribution is 0.327. The van der Waals surface area contributed by atoms with Gasteiger partial charge in [0, 0.05) is 24.0 Å². The second-order valence-electron chi connectivity index (χ2n) is 3.65. The van der Waals surface area contributed by atoms with Crippen molar-refractivity contribution in [2.45, 2.75) is 0 Å². The van der Waals surface area contributed by atoms with E-state index in [-0.39, 0.29) is 0 Å². The van der Waals surface area contributed by atoms with Crippen LogP contribution in [0, 0.1) is 0 Å². The zero-order valence-electron chi connectivity index (χ0n) is 10.9. The highest BCUT2D eigenvalue weighted by molar-refractivity contribution is 5.99. The summed E-state index contributed by atoms with van der Waals surface area (Å²) in [5.41, 5.74) is 0. The number of pyridine rings is 1. The molecule has 0 aliphatic rings. The maximum atomic E-state index is 5.43. The van der Waals surface area contributed by atoms with E-state index in [2.05, 4.69) is 10.3 Å². The lowest BCUT2D eigenvalue weighted by atomic mass is 10.1. The van der Waals surface area contributed by atoms with E-state index in [1.165, 1.54) is 0 Å². The number of anilines is 1. The minimum Gasteiger partial charge on any atom is -0.493 e. The number of rotatable bonds is 4. The first-order valence-electron chi connectivity index (χ1n) is 5.52. The van der Waals surface area contributed by atoms with E-state index in [1.807, 2.05) is 19.2 Å². The minimum atomic E-state index is 0.584. The Morgan fingerprint density at radius 3 is 2.28 bits per heavy atom. The van der Waals surface area contributed by atoms with Gasteiger partial charge >= 0.3 is 0 Å². The van der Waals surface area contributed by atoms with Crippen LogP contribution >= 0.6 is 0 Å². The number of methoxy groups -OCH3 is 3. The number of ether oxygens (including phenoxy) is 3. The summed E-state index contributed by atoms with van der Waals surface area (Å²) in [6.07, 6.45) is 1.72. The summed E-state index contributed by atoms with van der Waals surface area (Å²) in [5, 5.41) is 4.90. The third-order valence-electron chi connectivity index (χ3n) is 2.81. The Bertz CT molecular complexity index is 570. The van der Waals surface area contributed by atoms with Gasteiger partial charge in [-0.15, -0.1) is 0 Å². The fourth-order valence-electron chi connectivity index (χ4n) is 1.99. The third kappa shape index (κ3) is 1.77. The predicted octanol–water partition coefficient (Wildman–Crippen LogP) is 2.30. The van der Waals surface area contributed by atoms with Gasteiger partial charge in [-0.3, -0.25) is 0 Å². The normalized spacial score (nSPS) is 10.2. The second kappa shape index (κ2) is 5.00. The van der Waals surface area contributed by atoms with Crippen LogP contribution in [0.2, 0.25) is 0 Å². The molecule has 1 aromatic heterocycles. The van der Waals surface area contributed by atoms with Crippen molar-refractivity contribution in [3.05, 3.63) is 18.3 Å². The zero-order valence-corrected chi connectivity index (χ0v) is 10.9. The topological polar surface area (TPSA) is 52.6 Å². The van der Waals surface area contributed by atoms with Crippen LogP contribution in [0.3, 0.4) is 0 Å². The molecule has 18 heavy (non-hydrogen) atoms. The van der Waals surface area contributed by atoms with E-state index < -0.39 is 0 Å².